The van der Waals surface area contributed by atoms with Crippen LogP contribution in [0.2, 0.25) is 0 Å². The topological polar surface area (TPSA) is 73.9 Å². The summed E-state index contributed by atoms with van der Waals surface area (Å²) in [4.78, 5) is 26.3. The van der Waals surface area contributed by atoms with Gasteiger partial charge in [-0.1, -0.05) is 13.8 Å². The largest absolute Gasteiger partial charge is 0.497 e. The predicted octanol–water partition coefficient (Wildman–Crippen LogP) is 4.63. The van der Waals surface area contributed by atoms with Crippen molar-refractivity contribution in [3.05, 3.63) is 44.7 Å². The Morgan fingerprint density at radius 2 is 1.93 bits per heavy atom. The predicted molar refractivity (Wildman–Crippen MR) is 118 cm³/mol. The summed E-state index contributed by atoms with van der Waals surface area (Å²) < 4.78 is 17.2. The maximum atomic E-state index is 13.3. The molecule has 0 radical (unpaired) electrons. The lowest BCUT2D eigenvalue weighted by atomic mass is 9.68. The molecule has 0 amide bonds. The summed E-state index contributed by atoms with van der Waals surface area (Å²) >= 11 is 3.54. The Kier molecular flexibility index (Phi) is 6.32. The molecule has 0 saturated carbocycles. The fourth-order valence-corrected chi connectivity index (χ4v) is 4.98. The Labute approximate surface area is 185 Å². The summed E-state index contributed by atoms with van der Waals surface area (Å²) in [5.74, 6) is 0.126. The fraction of sp³-hybridized carbons (Fsp3) is 0.478. The number of allylic oxidation sites excluding steroid dienone is 3. The molecule has 1 aliphatic heterocycles. The molecule has 0 unspecified atom stereocenters. The van der Waals surface area contributed by atoms with Gasteiger partial charge in [-0.3, -0.25) is 4.79 Å². The zero-order valence-corrected chi connectivity index (χ0v) is 19.9. The first-order valence-corrected chi connectivity index (χ1v) is 10.7. The second kappa shape index (κ2) is 8.46. The van der Waals surface area contributed by atoms with E-state index < -0.39 is 11.9 Å². The third-order valence-electron chi connectivity index (χ3n) is 5.53. The lowest BCUT2D eigenvalue weighted by molar-refractivity contribution is -0.138. The van der Waals surface area contributed by atoms with Crippen LogP contribution in [0.1, 0.15) is 52.0 Å². The molecule has 0 bridgehead atoms. The number of Topliss-reactive ketones (excluding diaryl/α,β-unsaturated/α-hetero) is 1. The molecular formula is C23H28BrNO5. The standard InChI is InChI=1S/C23H28BrNO5/c1-7-30-22(27)18-12(2)25-16-10-23(3,4)11-17(26)20(16)19(18)14-8-13(28-5)9-15(24)21(14)29-6/h8-9,19,25H,7,10-11H2,1-6H3/t19-/m1/s1. The third-order valence-corrected chi connectivity index (χ3v) is 6.12. The number of dihydropyridines is 1. The number of hydrogen-bond donors (Lipinski definition) is 1. The van der Waals surface area contributed by atoms with E-state index in [0.29, 0.717) is 51.2 Å². The van der Waals surface area contributed by atoms with Crippen LogP contribution >= 0.6 is 15.9 Å². The molecule has 7 heteroatoms. The van der Waals surface area contributed by atoms with Crippen molar-refractivity contribution in [3.63, 3.8) is 0 Å². The van der Waals surface area contributed by atoms with E-state index in [1.807, 2.05) is 13.0 Å². The number of ether oxygens (including phenoxy) is 3. The van der Waals surface area contributed by atoms with Crippen LogP contribution in [-0.2, 0) is 14.3 Å². The van der Waals surface area contributed by atoms with Crippen LogP contribution in [0, 0.1) is 5.41 Å². The zero-order chi connectivity index (χ0) is 22.2. The Morgan fingerprint density at radius 3 is 2.53 bits per heavy atom. The first-order valence-electron chi connectivity index (χ1n) is 9.96. The van der Waals surface area contributed by atoms with Gasteiger partial charge < -0.3 is 19.5 Å². The maximum Gasteiger partial charge on any atom is 0.336 e. The van der Waals surface area contributed by atoms with Crippen LogP contribution in [0.4, 0.5) is 0 Å². The van der Waals surface area contributed by atoms with Gasteiger partial charge in [-0.15, -0.1) is 0 Å². The van der Waals surface area contributed by atoms with E-state index in [1.54, 1.807) is 27.2 Å². The van der Waals surface area contributed by atoms with E-state index in [4.69, 9.17) is 14.2 Å². The van der Waals surface area contributed by atoms with Crippen molar-refractivity contribution in [1.29, 1.82) is 0 Å². The van der Waals surface area contributed by atoms with E-state index >= 15 is 0 Å². The Morgan fingerprint density at radius 1 is 1.23 bits per heavy atom. The summed E-state index contributed by atoms with van der Waals surface area (Å²) in [6, 6.07) is 3.62. The number of methoxy groups -OCH3 is 2. The highest BCUT2D eigenvalue weighted by atomic mass is 79.9. The van der Waals surface area contributed by atoms with E-state index in [1.165, 1.54) is 0 Å². The van der Waals surface area contributed by atoms with Crippen LogP contribution in [-0.4, -0.2) is 32.6 Å². The highest BCUT2D eigenvalue weighted by Gasteiger charge is 2.44. The molecular weight excluding hydrogens is 450 g/mol. The second-order valence-electron chi connectivity index (χ2n) is 8.38. The molecule has 1 aromatic carbocycles. The first kappa shape index (κ1) is 22.4. The van der Waals surface area contributed by atoms with Crippen molar-refractivity contribution in [3.8, 4) is 11.5 Å². The molecule has 0 aromatic heterocycles. The molecule has 6 nitrogen and oxygen atoms in total. The summed E-state index contributed by atoms with van der Waals surface area (Å²) in [5, 5.41) is 3.33. The zero-order valence-electron chi connectivity index (χ0n) is 18.3. The highest BCUT2D eigenvalue weighted by Crippen LogP contribution is 2.50. The molecule has 0 fully saturated rings. The summed E-state index contributed by atoms with van der Waals surface area (Å²) in [6.45, 7) is 8.01. The smallest absolute Gasteiger partial charge is 0.336 e. The number of carbonyl (C=O) groups is 2. The van der Waals surface area contributed by atoms with Gasteiger partial charge in [-0.05, 0) is 53.7 Å². The molecule has 1 atom stereocenters. The quantitative estimate of drug-likeness (QED) is 0.622. The minimum Gasteiger partial charge on any atom is -0.497 e. The average molecular weight is 478 g/mol. The molecule has 2 aliphatic rings. The summed E-state index contributed by atoms with van der Waals surface area (Å²) in [7, 11) is 3.14. The van der Waals surface area contributed by atoms with E-state index in [0.717, 1.165) is 5.70 Å². The molecule has 0 saturated heterocycles. The van der Waals surface area contributed by atoms with Gasteiger partial charge >= 0.3 is 5.97 Å². The number of benzene rings is 1. The number of hydrogen-bond acceptors (Lipinski definition) is 6. The van der Waals surface area contributed by atoms with Crippen LogP contribution in [0.25, 0.3) is 0 Å². The molecule has 1 N–H and O–H groups in total. The van der Waals surface area contributed by atoms with Gasteiger partial charge in [0.05, 0.1) is 36.8 Å². The van der Waals surface area contributed by atoms with Crippen molar-refractivity contribution in [2.75, 3.05) is 20.8 Å². The Bertz CT molecular complexity index is 961. The van der Waals surface area contributed by atoms with Crippen molar-refractivity contribution in [1.82, 2.24) is 5.32 Å². The fourth-order valence-electron chi connectivity index (χ4n) is 4.36. The minimum atomic E-state index is -0.606. The number of esters is 1. The third kappa shape index (κ3) is 4.00. The van der Waals surface area contributed by atoms with Gasteiger partial charge in [0.15, 0.2) is 5.78 Å². The first-order chi connectivity index (χ1) is 14.1. The maximum absolute atomic E-state index is 13.3. The SMILES string of the molecule is CCOC(=O)C1=C(C)NC2=C(C(=O)CC(C)(C)C2)[C@@H]1c1cc(OC)cc(Br)c1OC. The minimum absolute atomic E-state index is 0.0223. The molecule has 0 spiro atoms. The molecule has 1 heterocycles. The van der Waals surface area contributed by atoms with E-state index in [-0.39, 0.29) is 17.8 Å². The highest BCUT2D eigenvalue weighted by molar-refractivity contribution is 9.10. The van der Waals surface area contributed by atoms with Gasteiger partial charge in [-0.25, -0.2) is 4.79 Å². The summed E-state index contributed by atoms with van der Waals surface area (Å²) in [6.07, 6.45) is 1.12. The van der Waals surface area contributed by atoms with E-state index in [2.05, 4.69) is 35.1 Å². The van der Waals surface area contributed by atoms with E-state index in [9.17, 15) is 9.59 Å². The number of rotatable bonds is 5. The number of ketones is 1. The molecule has 3 rings (SSSR count). The molecule has 30 heavy (non-hydrogen) atoms. The lowest BCUT2D eigenvalue weighted by Crippen LogP contribution is -2.38. The second-order valence-corrected chi connectivity index (χ2v) is 9.24. The van der Waals surface area contributed by atoms with Gasteiger partial charge in [0.25, 0.3) is 0 Å². The summed E-state index contributed by atoms with van der Waals surface area (Å²) in [5.41, 5.74) is 3.09. The van der Waals surface area contributed by atoms with Gasteiger partial charge in [0, 0.05) is 29.0 Å². The van der Waals surface area contributed by atoms with Crippen LogP contribution in [0.3, 0.4) is 0 Å². The van der Waals surface area contributed by atoms with Crippen molar-refractivity contribution in [2.45, 2.75) is 46.5 Å². The normalized spacial score (nSPS) is 20.5. The number of nitrogens with one attached hydrogen (secondary N) is 1. The lowest BCUT2D eigenvalue weighted by Gasteiger charge is -2.39. The van der Waals surface area contributed by atoms with Crippen molar-refractivity contribution >= 4 is 27.7 Å². The van der Waals surface area contributed by atoms with Crippen molar-refractivity contribution in [2.24, 2.45) is 5.41 Å². The Hall–Kier alpha value is -2.28. The monoisotopic (exact) mass is 477 g/mol. The van der Waals surface area contributed by atoms with Gasteiger partial charge in [0.1, 0.15) is 11.5 Å². The van der Waals surface area contributed by atoms with Crippen molar-refractivity contribution < 1.29 is 23.8 Å². The van der Waals surface area contributed by atoms with Gasteiger partial charge in [-0.2, -0.15) is 0 Å². The number of halogens is 1. The molecule has 1 aromatic rings. The Balaban J connectivity index is 2.31. The van der Waals surface area contributed by atoms with Gasteiger partial charge in [0.2, 0.25) is 0 Å². The average Bonchev–Trinajstić information content (AvgIpc) is 2.65. The number of carbonyl (C=O) groups excluding carboxylic acids is 2. The van der Waals surface area contributed by atoms with Crippen LogP contribution < -0.4 is 14.8 Å². The van der Waals surface area contributed by atoms with Crippen LogP contribution in [0.15, 0.2) is 39.1 Å². The van der Waals surface area contributed by atoms with Crippen LogP contribution in [0.5, 0.6) is 11.5 Å². The molecule has 1 aliphatic carbocycles. The molecule has 162 valence electrons.